The van der Waals surface area contributed by atoms with Crippen molar-refractivity contribution in [3.05, 3.63) is 5.69 Å². The van der Waals surface area contributed by atoms with Crippen molar-refractivity contribution >= 4 is 20.6 Å². The van der Waals surface area contributed by atoms with E-state index < -0.39 is 5.97 Å². The molecule has 1 aromatic heterocycles. The van der Waals surface area contributed by atoms with Gasteiger partial charge in [-0.3, -0.25) is 0 Å². The van der Waals surface area contributed by atoms with Crippen molar-refractivity contribution in [2.75, 3.05) is 0 Å². The summed E-state index contributed by atoms with van der Waals surface area (Å²) < 4.78 is 0. The van der Waals surface area contributed by atoms with E-state index in [-0.39, 0.29) is 5.69 Å². The van der Waals surface area contributed by atoms with Crippen LogP contribution in [0.25, 0.3) is 0 Å². The Kier molecular flexibility index (Phi) is 1.44. The SMILES string of the molecule is O=C(O)c1n[nH]nc1P. The van der Waals surface area contributed by atoms with Gasteiger partial charge in [-0.15, -0.1) is 5.10 Å². The average Bonchev–Trinajstić information content (AvgIpc) is 2.13. The maximum absolute atomic E-state index is 10.1. The van der Waals surface area contributed by atoms with Crippen molar-refractivity contribution in [1.82, 2.24) is 15.4 Å². The van der Waals surface area contributed by atoms with Crippen LogP contribution in [-0.2, 0) is 0 Å². The Morgan fingerprint density at radius 2 is 2.33 bits per heavy atom. The normalized spacial score (nSPS) is 9.44. The van der Waals surface area contributed by atoms with Gasteiger partial charge in [0.05, 0.1) is 0 Å². The molecule has 0 radical (unpaired) electrons. The van der Waals surface area contributed by atoms with Crippen molar-refractivity contribution in [3.63, 3.8) is 0 Å². The molecule has 0 saturated carbocycles. The van der Waals surface area contributed by atoms with Crippen LogP contribution in [0, 0.1) is 0 Å². The number of H-pyrrole nitrogens is 1. The molecule has 0 bridgehead atoms. The molecule has 9 heavy (non-hydrogen) atoms. The molecule has 48 valence electrons. The van der Waals surface area contributed by atoms with Gasteiger partial charge in [0.1, 0.15) is 5.44 Å². The summed E-state index contributed by atoms with van der Waals surface area (Å²) in [6.45, 7) is 0. The molecule has 2 N–H and O–H groups in total. The quantitative estimate of drug-likeness (QED) is 0.497. The topological polar surface area (TPSA) is 78.9 Å². The Labute approximate surface area is 52.7 Å². The summed E-state index contributed by atoms with van der Waals surface area (Å²) in [5.41, 5.74) is 0.266. The molecule has 0 aliphatic heterocycles. The average molecular weight is 145 g/mol. The molecule has 0 spiro atoms. The van der Waals surface area contributed by atoms with Crippen LogP contribution in [0.5, 0.6) is 0 Å². The lowest BCUT2D eigenvalue weighted by molar-refractivity contribution is 0.0692. The van der Waals surface area contributed by atoms with Gasteiger partial charge in [0.25, 0.3) is 0 Å². The molecule has 0 aromatic carbocycles. The largest absolute Gasteiger partial charge is 0.476 e. The van der Waals surface area contributed by atoms with Crippen LogP contribution in [0.2, 0.25) is 0 Å². The summed E-state index contributed by atoms with van der Waals surface area (Å²) in [7, 11) is 2.16. The second-order valence-electron chi connectivity index (χ2n) is 1.36. The molecule has 1 rings (SSSR count). The first-order chi connectivity index (χ1) is 4.22. The van der Waals surface area contributed by atoms with Crippen LogP contribution in [0.4, 0.5) is 0 Å². The van der Waals surface area contributed by atoms with Gasteiger partial charge < -0.3 is 5.11 Å². The van der Waals surface area contributed by atoms with Crippen LogP contribution >= 0.6 is 9.24 Å². The molecule has 1 atom stereocenters. The summed E-state index contributed by atoms with van der Waals surface area (Å²) in [4.78, 5) is 10.1. The number of nitrogens with one attached hydrogen (secondary N) is 1. The van der Waals surface area contributed by atoms with Gasteiger partial charge in [0, 0.05) is 0 Å². The van der Waals surface area contributed by atoms with Crippen molar-refractivity contribution < 1.29 is 9.90 Å². The van der Waals surface area contributed by atoms with Crippen LogP contribution in [0.1, 0.15) is 10.5 Å². The second-order valence-corrected chi connectivity index (χ2v) is 1.91. The minimum atomic E-state index is -1.08. The maximum atomic E-state index is 10.1. The molecule has 5 nitrogen and oxygen atoms in total. The van der Waals surface area contributed by atoms with Crippen LogP contribution in [-0.4, -0.2) is 26.5 Å². The third-order valence-electron chi connectivity index (χ3n) is 0.777. The molecule has 0 saturated heterocycles. The zero-order valence-corrected chi connectivity index (χ0v) is 5.48. The third-order valence-corrected chi connectivity index (χ3v) is 1.18. The van der Waals surface area contributed by atoms with Gasteiger partial charge in [-0.05, 0) is 0 Å². The van der Waals surface area contributed by atoms with Gasteiger partial charge in [0.2, 0.25) is 0 Å². The zero-order valence-electron chi connectivity index (χ0n) is 4.33. The van der Waals surface area contributed by atoms with Crippen LogP contribution in [0.3, 0.4) is 0 Å². The van der Waals surface area contributed by atoms with E-state index in [4.69, 9.17) is 5.11 Å². The molecule has 0 fully saturated rings. The predicted octanol–water partition coefficient (Wildman–Crippen LogP) is -0.997. The predicted molar refractivity (Wildman–Crippen MR) is 32.7 cm³/mol. The Morgan fingerprint density at radius 3 is 2.56 bits per heavy atom. The van der Waals surface area contributed by atoms with Gasteiger partial charge >= 0.3 is 5.97 Å². The van der Waals surface area contributed by atoms with E-state index in [1.165, 1.54) is 0 Å². The minimum absolute atomic E-state index is 0.0556. The fourth-order valence-electron chi connectivity index (χ4n) is 0.396. The maximum Gasteiger partial charge on any atom is 0.358 e. The van der Waals surface area contributed by atoms with Crippen LogP contribution in [0.15, 0.2) is 0 Å². The Bertz CT molecular complexity index is 233. The smallest absolute Gasteiger partial charge is 0.358 e. The number of aromatic carboxylic acids is 1. The van der Waals surface area contributed by atoms with Crippen molar-refractivity contribution in [3.8, 4) is 0 Å². The Hall–Kier alpha value is -0.960. The van der Waals surface area contributed by atoms with Gasteiger partial charge in [-0.1, -0.05) is 9.24 Å². The number of hydrogen-bond donors (Lipinski definition) is 2. The highest BCUT2D eigenvalue weighted by Gasteiger charge is 2.09. The summed E-state index contributed by atoms with van der Waals surface area (Å²) >= 11 is 0. The lowest BCUT2D eigenvalue weighted by Crippen LogP contribution is -2.07. The molecule has 1 aromatic rings. The number of hydrogen-bond acceptors (Lipinski definition) is 3. The van der Waals surface area contributed by atoms with Crippen LogP contribution < -0.4 is 5.44 Å². The van der Waals surface area contributed by atoms with Crippen molar-refractivity contribution in [2.24, 2.45) is 0 Å². The highest BCUT2D eigenvalue weighted by atomic mass is 31.0. The second kappa shape index (κ2) is 2.11. The van der Waals surface area contributed by atoms with E-state index in [1.54, 1.807) is 0 Å². The van der Waals surface area contributed by atoms with Gasteiger partial charge in [0.15, 0.2) is 5.69 Å². The lowest BCUT2D eigenvalue weighted by atomic mass is 10.5. The number of carboxylic acid groups (broad SMARTS) is 1. The number of carbonyl (C=O) groups is 1. The van der Waals surface area contributed by atoms with E-state index >= 15 is 0 Å². The molecule has 0 amide bonds. The van der Waals surface area contributed by atoms with E-state index in [0.29, 0.717) is 5.44 Å². The summed E-state index contributed by atoms with van der Waals surface area (Å²) in [6, 6.07) is 0. The lowest BCUT2D eigenvalue weighted by Gasteiger charge is -1.81. The summed E-state index contributed by atoms with van der Waals surface area (Å²) in [5.74, 6) is -1.08. The van der Waals surface area contributed by atoms with Crippen molar-refractivity contribution in [1.29, 1.82) is 0 Å². The monoisotopic (exact) mass is 145 g/mol. The van der Waals surface area contributed by atoms with Crippen molar-refractivity contribution in [2.45, 2.75) is 0 Å². The van der Waals surface area contributed by atoms with E-state index in [0.717, 1.165) is 0 Å². The van der Waals surface area contributed by atoms with E-state index in [1.807, 2.05) is 0 Å². The Balaban J connectivity index is 3.08. The minimum Gasteiger partial charge on any atom is -0.476 e. The molecule has 0 aliphatic rings. The highest BCUT2D eigenvalue weighted by molar-refractivity contribution is 7.27. The molecular formula is C3H4N3O2P. The standard InChI is InChI=1S/C3H4N3O2P/c7-3(8)1-2(9)5-6-4-1/h9H2,(H,7,8)(H,4,5,6). The number of aromatic amines is 1. The van der Waals surface area contributed by atoms with Gasteiger partial charge in [-0.2, -0.15) is 10.3 Å². The number of nitrogens with zero attached hydrogens (tertiary/aromatic N) is 2. The first-order valence-corrected chi connectivity index (χ1v) is 2.69. The molecule has 1 unspecified atom stereocenters. The number of rotatable bonds is 1. The first-order valence-electron chi connectivity index (χ1n) is 2.11. The number of carboxylic acids is 1. The molecule has 0 aliphatic carbocycles. The van der Waals surface area contributed by atoms with E-state index in [9.17, 15) is 4.79 Å². The Morgan fingerprint density at radius 1 is 1.67 bits per heavy atom. The third kappa shape index (κ3) is 1.05. The first kappa shape index (κ1) is 6.16. The zero-order chi connectivity index (χ0) is 6.85. The van der Waals surface area contributed by atoms with E-state index in [2.05, 4.69) is 24.7 Å². The molecule has 6 heteroatoms. The number of aromatic nitrogens is 3. The highest BCUT2D eigenvalue weighted by Crippen LogP contribution is 1.89. The molecular weight excluding hydrogens is 141 g/mol. The van der Waals surface area contributed by atoms with Gasteiger partial charge in [-0.25, -0.2) is 4.79 Å². The summed E-state index contributed by atoms with van der Waals surface area (Å²) in [6.07, 6.45) is 0. The fourth-order valence-corrected chi connectivity index (χ4v) is 0.642. The summed E-state index contributed by atoms with van der Waals surface area (Å²) in [5, 5.41) is 17.3. The fraction of sp³-hybridized carbons (Fsp3) is 0. The molecule has 1 heterocycles.